The van der Waals surface area contributed by atoms with Crippen LogP contribution in [0.1, 0.15) is 39.5 Å². The highest BCUT2D eigenvalue weighted by Gasteiger charge is 2.41. The highest BCUT2D eigenvalue weighted by atomic mass is 16.4. The van der Waals surface area contributed by atoms with Crippen LogP contribution in [-0.4, -0.2) is 23.7 Å². The Balaban J connectivity index is 2.79. The van der Waals surface area contributed by atoms with E-state index >= 15 is 0 Å². The lowest BCUT2D eigenvalue weighted by atomic mass is 9.67. The molecule has 0 amide bonds. The van der Waals surface area contributed by atoms with E-state index in [0.29, 0.717) is 11.8 Å². The van der Waals surface area contributed by atoms with Crippen LogP contribution in [-0.2, 0) is 4.79 Å². The molecule has 0 aromatic carbocycles. The zero-order valence-corrected chi connectivity index (χ0v) is 9.34. The molecule has 0 saturated heterocycles. The smallest absolute Gasteiger partial charge is 0.305 e. The van der Waals surface area contributed by atoms with Gasteiger partial charge in [0, 0.05) is 5.54 Å². The summed E-state index contributed by atoms with van der Waals surface area (Å²) in [5.41, 5.74) is -0.177. The fourth-order valence-corrected chi connectivity index (χ4v) is 2.72. The average molecular weight is 199 g/mol. The summed E-state index contributed by atoms with van der Waals surface area (Å²) in [5.74, 6) is 0.369. The Bertz CT molecular complexity index is 217. The van der Waals surface area contributed by atoms with Crippen molar-refractivity contribution in [2.75, 3.05) is 7.05 Å². The van der Waals surface area contributed by atoms with Crippen LogP contribution in [0.25, 0.3) is 0 Å². The van der Waals surface area contributed by atoms with Gasteiger partial charge in [0.25, 0.3) is 0 Å². The summed E-state index contributed by atoms with van der Waals surface area (Å²) in [4.78, 5) is 10.8. The molecule has 2 N–H and O–H groups in total. The summed E-state index contributed by atoms with van der Waals surface area (Å²) in [6.07, 6.45) is 3.60. The molecule has 3 heteroatoms. The van der Waals surface area contributed by atoms with E-state index in [-0.39, 0.29) is 12.0 Å². The number of hydrogen-bond donors (Lipinski definition) is 2. The highest BCUT2D eigenvalue weighted by molar-refractivity contribution is 5.68. The first-order valence-electron chi connectivity index (χ1n) is 5.42. The number of hydrogen-bond acceptors (Lipinski definition) is 2. The lowest BCUT2D eigenvalue weighted by Gasteiger charge is -2.45. The van der Waals surface area contributed by atoms with Gasteiger partial charge in [-0.2, -0.15) is 0 Å². The van der Waals surface area contributed by atoms with Gasteiger partial charge in [0.1, 0.15) is 0 Å². The molecule has 1 rings (SSSR count). The molecule has 0 radical (unpaired) electrons. The van der Waals surface area contributed by atoms with Gasteiger partial charge in [0.15, 0.2) is 0 Å². The van der Waals surface area contributed by atoms with Gasteiger partial charge in [-0.25, -0.2) is 0 Å². The minimum atomic E-state index is -0.694. The van der Waals surface area contributed by atoms with Gasteiger partial charge in [-0.05, 0) is 25.3 Å². The van der Waals surface area contributed by atoms with Gasteiger partial charge in [0.2, 0.25) is 0 Å². The molecule has 0 aliphatic heterocycles. The molecule has 0 heterocycles. The monoisotopic (exact) mass is 199 g/mol. The van der Waals surface area contributed by atoms with Gasteiger partial charge >= 0.3 is 5.97 Å². The third-order valence-corrected chi connectivity index (χ3v) is 3.97. The number of carbonyl (C=O) groups is 1. The Hall–Kier alpha value is -0.570. The topological polar surface area (TPSA) is 49.3 Å². The quantitative estimate of drug-likeness (QED) is 0.729. The van der Waals surface area contributed by atoms with E-state index < -0.39 is 5.97 Å². The molecule has 14 heavy (non-hydrogen) atoms. The summed E-state index contributed by atoms with van der Waals surface area (Å²) in [6, 6.07) is 0. The number of carboxylic acid groups (broad SMARTS) is 1. The molecule has 0 spiro atoms. The number of rotatable bonds is 3. The van der Waals surface area contributed by atoms with Crippen molar-refractivity contribution < 1.29 is 9.90 Å². The minimum Gasteiger partial charge on any atom is -0.481 e. The minimum absolute atomic E-state index is 0.177. The largest absolute Gasteiger partial charge is 0.481 e. The van der Waals surface area contributed by atoms with Crippen molar-refractivity contribution in [1.82, 2.24) is 5.32 Å². The van der Waals surface area contributed by atoms with E-state index in [1.54, 1.807) is 0 Å². The summed E-state index contributed by atoms with van der Waals surface area (Å²) in [5, 5.41) is 12.2. The molecule has 0 aromatic rings. The Labute approximate surface area is 85.9 Å². The zero-order chi connectivity index (χ0) is 10.8. The molecule has 3 unspecified atom stereocenters. The van der Waals surface area contributed by atoms with Gasteiger partial charge in [-0.3, -0.25) is 4.79 Å². The van der Waals surface area contributed by atoms with Gasteiger partial charge in [-0.1, -0.05) is 26.7 Å². The van der Waals surface area contributed by atoms with Crippen molar-refractivity contribution in [1.29, 1.82) is 0 Å². The Morgan fingerprint density at radius 2 is 2.21 bits per heavy atom. The SMILES string of the molecule is CNC1(CC(=O)O)CCCC(C)C1C. The molecule has 0 bridgehead atoms. The Kier molecular flexibility index (Phi) is 3.53. The maximum Gasteiger partial charge on any atom is 0.305 e. The third-order valence-electron chi connectivity index (χ3n) is 3.97. The molecule has 0 aromatic heterocycles. The summed E-state index contributed by atoms with van der Waals surface area (Å²) in [6.45, 7) is 4.39. The lowest BCUT2D eigenvalue weighted by molar-refractivity contribution is -0.140. The summed E-state index contributed by atoms with van der Waals surface area (Å²) >= 11 is 0. The average Bonchev–Trinajstić information content (AvgIpc) is 2.12. The van der Waals surface area contributed by atoms with E-state index in [9.17, 15) is 4.79 Å². The standard InChI is InChI=1S/C11H21NO2/c1-8-5-4-6-11(12-3,9(8)2)7-10(13)14/h8-9,12H,4-7H2,1-3H3,(H,13,14). The van der Waals surface area contributed by atoms with Crippen molar-refractivity contribution in [2.45, 2.75) is 45.1 Å². The number of carboxylic acids is 1. The first-order valence-corrected chi connectivity index (χ1v) is 5.42. The molecular weight excluding hydrogens is 178 g/mol. The van der Waals surface area contributed by atoms with Gasteiger partial charge < -0.3 is 10.4 Å². The molecule has 1 fully saturated rings. The molecular formula is C11H21NO2. The van der Waals surface area contributed by atoms with E-state index in [0.717, 1.165) is 12.8 Å². The van der Waals surface area contributed by atoms with Crippen molar-refractivity contribution in [3.63, 3.8) is 0 Å². The fraction of sp³-hybridized carbons (Fsp3) is 0.909. The second-order valence-electron chi connectivity index (χ2n) is 4.63. The third kappa shape index (κ3) is 2.08. The Morgan fingerprint density at radius 3 is 2.71 bits per heavy atom. The normalized spacial score (nSPS) is 38.2. The zero-order valence-electron chi connectivity index (χ0n) is 9.34. The fourth-order valence-electron chi connectivity index (χ4n) is 2.72. The molecule has 1 aliphatic carbocycles. The van der Waals surface area contributed by atoms with Crippen LogP contribution >= 0.6 is 0 Å². The predicted octanol–water partition coefficient (Wildman–Crippen LogP) is 1.88. The van der Waals surface area contributed by atoms with Crippen LogP contribution in [0.5, 0.6) is 0 Å². The van der Waals surface area contributed by atoms with Crippen LogP contribution in [0, 0.1) is 11.8 Å². The Morgan fingerprint density at radius 1 is 1.57 bits per heavy atom. The van der Waals surface area contributed by atoms with Gasteiger partial charge in [-0.15, -0.1) is 0 Å². The molecule has 82 valence electrons. The van der Waals surface area contributed by atoms with Crippen molar-refractivity contribution >= 4 is 5.97 Å². The lowest BCUT2D eigenvalue weighted by Crippen LogP contribution is -2.54. The molecule has 3 atom stereocenters. The van der Waals surface area contributed by atoms with E-state index in [4.69, 9.17) is 5.11 Å². The van der Waals surface area contributed by atoms with E-state index in [2.05, 4.69) is 19.2 Å². The van der Waals surface area contributed by atoms with Crippen LogP contribution in [0.4, 0.5) is 0 Å². The van der Waals surface area contributed by atoms with Crippen molar-refractivity contribution in [3.8, 4) is 0 Å². The summed E-state index contributed by atoms with van der Waals surface area (Å²) in [7, 11) is 1.89. The predicted molar refractivity (Wildman–Crippen MR) is 56.2 cm³/mol. The van der Waals surface area contributed by atoms with E-state index in [1.165, 1.54) is 6.42 Å². The van der Waals surface area contributed by atoms with Gasteiger partial charge in [0.05, 0.1) is 6.42 Å². The molecule has 1 saturated carbocycles. The number of nitrogens with one attached hydrogen (secondary N) is 1. The highest BCUT2D eigenvalue weighted by Crippen LogP contribution is 2.39. The van der Waals surface area contributed by atoms with Crippen LogP contribution in [0.15, 0.2) is 0 Å². The van der Waals surface area contributed by atoms with Crippen LogP contribution in [0.2, 0.25) is 0 Å². The van der Waals surface area contributed by atoms with E-state index in [1.807, 2.05) is 7.05 Å². The number of aliphatic carboxylic acids is 1. The maximum atomic E-state index is 10.8. The second-order valence-corrected chi connectivity index (χ2v) is 4.63. The second kappa shape index (κ2) is 4.30. The van der Waals surface area contributed by atoms with Crippen LogP contribution < -0.4 is 5.32 Å². The first-order chi connectivity index (χ1) is 6.52. The first kappa shape index (κ1) is 11.5. The van der Waals surface area contributed by atoms with Crippen molar-refractivity contribution in [2.24, 2.45) is 11.8 Å². The molecule has 1 aliphatic rings. The summed E-state index contributed by atoms with van der Waals surface area (Å²) < 4.78 is 0. The van der Waals surface area contributed by atoms with Crippen LogP contribution in [0.3, 0.4) is 0 Å². The molecule has 3 nitrogen and oxygen atoms in total. The maximum absolute atomic E-state index is 10.8. The van der Waals surface area contributed by atoms with Crippen molar-refractivity contribution in [3.05, 3.63) is 0 Å².